The molecule has 3 heteroatoms. The standard InChI is InChI=1S/C10H19N3/c1-7(2)9(4)11-10-6-8(3)13(5)12-10/h6-7,9H,1-5H3,(H,11,12). The topological polar surface area (TPSA) is 29.9 Å². The average molecular weight is 181 g/mol. The smallest absolute Gasteiger partial charge is 0.148 e. The van der Waals surface area contributed by atoms with E-state index in [9.17, 15) is 0 Å². The van der Waals surface area contributed by atoms with Crippen LogP contribution in [0, 0.1) is 12.8 Å². The van der Waals surface area contributed by atoms with Crippen LogP contribution in [0.15, 0.2) is 6.07 Å². The van der Waals surface area contributed by atoms with Crippen LogP contribution in [0.1, 0.15) is 26.5 Å². The summed E-state index contributed by atoms with van der Waals surface area (Å²) in [5.41, 5.74) is 1.18. The van der Waals surface area contributed by atoms with Gasteiger partial charge in [-0.15, -0.1) is 0 Å². The van der Waals surface area contributed by atoms with Crippen molar-refractivity contribution < 1.29 is 0 Å². The molecule has 0 spiro atoms. The Kier molecular flexibility index (Phi) is 2.96. The Bertz CT molecular complexity index is 256. The normalized spacial score (nSPS) is 13.4. The number of rotatable bonds is 3. The van der Waals surface area contributed by atoms with Crippen LogP contribution in [0.5, 0.6) is 0 Å². The molecule has 13 heavy (non-hydrogen) atoms. The van der Waals surface area contributed by atoms with E-state index in [1.165, 1.54) is 5.69 Å². The van der Waals surface area contributed by atoms with Gasteiger partial charge in [-0.1, -0.05) is 13.8 Å². The van der Waals surface area contributed by atoms with Crippen molar-refractivity contribution in [2.24, 2.45) is 13.0 Å². The van der Waals surface area contributed by atoms with Crippen LogP contribution in [-0.4, -0.2) is 15.8 Å². The van der Waals surface area contributed by atoms with Crippen molar-refractivity contribution in [3.05, 3.63) is 11.8 Å². The van der Waals surface area contributed by atoms with Gasteiger partial charge in [0.15, 0.2) is 0 Å². The summed E-state index contributed by atoms with van der Waals surface area (Å²) < 4.78 is 1.88. The van der Waals surface area contributed by atoms with Crippen molar-refractivity contribution in [3.8, 4) is 0 Å². The molecule has 1 heterocycles. The Morgan fingerprint density at radius 3 is 2.38 bits per heavy atom. The first-order valence-electron chi connectivity index (χ1n) is 4.78. The van der Waals surface area contributed by atoms with Gasteiger partial charge in [-0.2, -0.15) is 5.10 Å². The SMILES string of the molecule is Cc1cc(NC(C)C(C)C)nn1C. The number of nitrogens with zero attached hydrogens (tertiary/aromatic N) is 2. The number of aromatic nitrogens is 2. The number of hydrogen-bond donors (Lipinski definition) is 1. The molecule has 0 radical (unpaired) electrons. The predicted octanol–water partition coefficient (Wildman–Crippen LogP) is 2.18. The molecule has 0 aliphatic rings. The van der Waals surface area contributed by atoms with Gasteiger partial charge in [0.05, 0.1) is 0 Å². The van der Waals surface area contributed by atoms with Crippen molar-refractivity contribution in [3.63, 3.8) is 0 Å². The Labute approximate surface area is 80.1 Å². The molecule has 0 amide bonds. The lowest BCUT2D eigenvalue weighted by Crippen LogP contribution is -2.21. The summed E-state index contributed by atoms with van der Waals surface area (Å²) >= 11 is 0. The van der Waals surface area contributed by atoms with Gasteiger partial charge in [0.1, 0.15) is 5.82 Å². The van der Waals surface area contributed by atoms with Crippen LogP contribution < -0.4 is 5.32 Å². The predicted molar refractivity (Wildman–Crippen MR) is 55.9 cm³/mol. The Morgan fingerprint density at radius 1 is 1.38 bits per heavy atom. The number of aryl methyl sites for hydroxylation is 2. The maximum atomic E-state index is 4.34. The van der Waals surface area contributed by atoms with Gasteiger partial charge >= 0.3 is 0 Å². The molecule has 1 rings (SSSR count). The molecule has 0 saturated carbocycles. The fourth-order valence-corrected chi connectivity index (χ4v) is 1.03. The second-order valence-electron chi connectivity index (χ2n) is 3.97. The lowest BCUT2D eigenvalue weighted by atomic mass is 10.1. The molecule has 3 nitrogen and oxygen atoms in total. The summed E-state index contributed by atoms with van der Waals surface area (Å²) in [6.07, 6.45) is 0. The van der Waals surface area contributed by atoms with Gasteiger partial charge in [0.2, 0.25) is 0 Å². The van der Waals surface area contributed by atoms with Gasteiger partial charge < -0.3 is 5.32 Å². The Morgan fingerprint density at radius 2 is 2.00 bits per heavy atom. The number of nitrogens with one attached hydrogen (secondary N) is 1. The summed E-state index contributed by atoms with van der Waals surface area (Å²) in [7, 11) is 1.96. The minimum atomic E-state index is 0.467. The van der Waals surface area contributed by atoms with E-state index in [1.54, 1.807) is 0 Å². The Hall–Kier alpha value is -0.990. The fourth-order valence-electron chi connectivity index (χ4n) is 1.03. The molecule has 0 aromatic carbocycles. The van der Waals surface area contributed by atoms with E-state index in [2.05, 4.69) is 44.2 Å². The van der Waals surface area contributed by atoms with Crippen LogP contribution in [0.25, 0.3) is 0 Å². The van der Waals surface area contributed by atoms with Gasteiger partial charge in [-0.25, -0.2) is 0 Å². The lowest BCUT2D eigenvalue weighted by Gasteiger charge is -2.16. The number of hydrogen-bond acceptors (Lipinski definition) is 2. The quantitative estimate of drug-likeness (QED) is 0.774. The summed E-state index contributed by atoms with van der Waals surface area (Å²) in [6, 6.07) is 2.54. The minimum Gasteiger partial charge on any atom is -0.366 e. The largest absolute Gasteiger partial charge is 0.366 e. The highest BCUT2D eigenvalue weighted by Gasteiger charge is 2.08. The van der Waals surface area contributed by atoms with Crippen LogP contribution in [0.4, 0.5) is 5.82 Å². The highest BCUT2D eigenvalue weighted by molar-refractivity contribution is 5.36. The van der Waals surface area contributed by atoms with Crippen molar-refractivity contribution in [2.45, 2.75) is 33.7 Å². The molecular weight excluding hydrogens is 162 g/mol. The third kappa shape index (κ3) is 2.47. The van der Waals surface area contributed by atoms with Gasteiger partial charge in [0, 0.05) is 24.8 Å². The zero-order valence-corrected chi connectivity index (χ0v) is 9.13. The summed E-state index contributed by atoms with van der Waals surface area (Å²) in [6.45, 7) is 8.63. The first kappa shape index (κ1) is 10.1. The maximum absolute atomic E-state index is 4.34. The average Bonchev–Trinajstić information content (AvgIpc) is 2.31. The van der Waals surface area contributed by atoms with E-state index in [-0.39, 0.29) is 0 Å². The van der Waals surface area contributed by atoms with E-state index in [1.807, 2.05) is 11.7 Å². The van der Waals surface area contributed by atoms with E-state index in [4.69, 9.17) is 0 Å². The van der Waals surface area contributed by atoms with E-state index < -0.39 is 0 Å². The van der Waals surface area contributed by atoms with E-state index in [0.29, 0.717) is 12.0 Å². The van der Waals surface area contributed by atoms with Crippen molar-refractivity contribution in [1.29, 1.82) is 0 Å². The van der Waals surface area contributed by atoms with Crippen molar-refractivity contribution in [1.82, 2.24) is 9.78 Å². The molecule has 1 N–H and O–H groups in total. The second-order valence-corrected chi connectivity index (χ2v) is 3.97. The molecule has 1 aromatic rings. The lowest BCUT2D eigenvalue weighted by molar-refractivity contribution is 0.557. The first-order chi connectivity index (χ1) is 6.00. The summed E-state index contributed by atoms with van der Waals surface area (Å²) in [4.78, 5) is 0. The number of anilines is 1. The highest BCUT2D eigenvalue weighted by atomic mass is 15.3. The molecule has 1 unspecified atom stereocenters. The molecule has 0 aliphatic carbocycles. The molecule has 0 aliphatic heterocycles. The van der Waals surface area contributed by atoms with Gasteiger partial charge in [-0.05, 0) is 19.8 Å². The molecular formula is C10H19N3. The van der Waals surface area contributed by atoms with Crippen LogP contribution in [-0.2, 0) is 7.05 Å². The first-order valence-corrected chi connectivity index (χ1v) is 4.78. The fraction of sp³-hybridized carbons (Fsp3) is 0.700. The second kappa shape index (κ2) is 3.81. The van der Waals surface area contributed by atoms with Crippen LogP contribution in [0.2, 0.25) is 0 Å². The van der Waals surface area contributed by atoms with Gasteiger partial charge in [-0.3, -0.25) is 4.68 Å². The molecule has 1 aromatic heterocycles. The monoisotopic (exact) mass is 181 g/mol. The Balaban J connectivity index is 2.64. The minimum absolute atomic E-state index is 0.467. The molecule has 74 valence electrons. The van der Waals surface area contributed by atoms with Gasteiger partial charge in [0.25, 0.3) is 0 Å². The van der Waals surface area contributed by atoms with Crippen LogP contribution >= 0.6 is 0 Å². The third-order valence-electron chi connectivity index (χ3n) is 2.49. The summed E-state index contributed by atoms with van der Waals surface area (Å²) in [5.74, 6) is 1.60. The summed E-state index contributed by atoms with van der Waals surface area (Å²) in [5, 5.41) is 7.71. The van der Waals surface area contributed by atoms with Crippen molar-refractivity contribution in [2.75, 3.05) is 5.32 Å². The molecule has 0 fully saturated rings. The third-order valence-corrected chi connectivity index (χ3v) is 2.49. The van der Waals surface area contributed by atoms with Crippen LogP contribution in [0.3, 0.4) is 0 Å². The zero-order chi connectivity index (χ0) is 10.0. The molecule has 0 saturated heterocycles. The zero-order valence-electron chi connectivity index (χ0n) is 9.13. The molecule has 0 bridgehead atoms. The highest BCUT2D eigenvalue weighted by Crippen LogP contribution is 2.11. The van der Waals surface area contributed by atoms with Crippen molar-refractivity contribution >= 4 is 5.82 Å². The maximum Gasteiger partial charge on any atom is 0.148 e. The van der Waals surface area contributed by atoms with E-state index >= 15 is 0 Å². The molecule has 1 atom stereocenters. The van der Waals surface area contributed by atoms with E-state index in [0.717, 1.165) is 5.82 Å².